The van der Waals surface area contributed by atoms with Gasteiger partial charge in [0.15, 0.2) is 0 Å². The van der Waals surface area contributed by atoms with Crippen molar-refractivity contribution in [2.45, 2.75) is 96.8 Å². The van der Waals surface area contributed by atoms with E-state index in [2.05, 4.69) is 11.4 Å². The minimum absolute atomic E-state index is 0.305. The van der Waals surface area contributed by atoms with Crippen LogP contribution < -0.4 is 0 Å². The van der Waals surface area contributed by atoms with Crippen molar-refractivity contribution in [3.05, 3.63) is 0 Å². The predicted molar refractivity (Wildman–Crippen MR) is 93.1 cm³/mol. The van der Waals surface area contributed by atoms with Gasteiger partial charge in [-0.15, -0.1) is 0 Å². The largest absolute Gasteiger partial charge is 0.471 e. The molecule has 0 aliphatic rings. The van der Waals surface area contributed by atoms with Crippen LogP contribution in [0.2, 0.25) is 0 Å². The zero-order valence-corrected chi connectivity index (χ0v) is 15.6. The maximum absolute atomic E-state index is 11.0. The second-order valence-corrected chi connectivity index (χ2v) is 7.64. The summed E-state index contributed by atoms with van der Waals surface area (Å²) in [5.74, 6) is 0. The number of hydrogen-bond donors (Lipinski definition) is 1. The topological polar surface area (TPSA) is 55.8 Å². The van der Waals surface area contributed by atoms with Gasteiger partial charge in [0.2, 0.25) is 0 Å². The summed E-state index contributed by atoms with van der Waals surface area (Å²) in [6.07, 6.45) is 18.1. The van der Waals surface area contributed by atoms with Gasteiger partial charge in [-0.2, -0.15) is 0 Å². The summed E-state index contributed by atoms with van der Waals surface area (Å²) in [6, 6.07) is 0. The number of hydrogen-bond acceptors (Lipinski definition) is 3. The quantitative estimate of drug-likeness (QED) is 0.253. The molecule has 0 fully saturated rings. The van der Waals surface area contributed by atoms with Gasteiger partial charge in [0.25, 0.3) is 0 Å². The second kappa shape index (κ2) is 16.0. The van der Waals surface area contributed by atoms with E-state index in [9.17, 15) is 4.57 Å². The Morgan fingerprint density at radius 2 is 1.09 bits per heavy atom. The number of rotatable bonds is 17. The van der Waals surface area contributed by atoms with E-state index in [0.717, 1.165) is 12.8 Å². The first-order valence-electron chi connectivity index (χ1n) is 9.15. The molecule has 0 bridgehead atoms. The molecule has 0 aromatic carbocycles. The van der Waals surface area contributed by atoms with E-state index in [1.165, 1.54) is 84.2 Å². The number of phosphoric acid groups is 1. The Morgan fingerprint density at radius 3 is 1.45 bits per heavy atom. The Labute approximate surface area is 137 Å². The maximum Gasteiger partial charge on any atom is 0.471 e. The molecule has 0 spiro atoms. The van der Waals surface area contributed by atoms with Gasteiger partial charge in [0.1, 0.15) is 0 Å². The van der Waals surface area contributed by atoms with E-state index in [0.29, 0.717) is 6.61 Å². The molecule has 1 atom stereocenters. The molecule has 0 aromatic heterocycles. The lowest BCUT2D eigenvalue weighted by molar-refractivity contribution is 0.170. The normalized spacial score (nSPS) is 14.1. The van der Waals surface area contributed by atoms with Crippen molar-refractivity contribution < 1.29 is 18.5 Å². The first-order chi connectivity index (χ1) is 10.6. The Morgan fingerprint density at radius 1 is 0.727 bits per heavy atom. The Hall–Kier alpha value is 0.110. The maximum atomic E-state index is 11.0. The van der Waals surface area contributed by atoms with E-state index in [1.54, 1.807) is 0 Å². The van der Waals surface area contributed by atoms with E-state index in [-0.39, 0.29) is 0 Å². The SMILES string of the molecule is CCCCCCCCCCCCCCCCOP(=O)(O)OC. The molecule has 5 heteroatoms. The van der Waals surface area contributed by atoms with Gasteiger partial charge in [0, 0.05) is 7.11 Å². The summed E-state index contributed by atoms with van der Waals surface area (Å²) in [7, 11) is -2.57. The van der Waals surface area contributed by atoms with Crippen LogP contribution in [-0.2, 0) is 13.6 Å². The summed E-state index contributed by atoms with van der Waals surface area (Å²) in [6.45, 7) is 2.57. The lowest BCUT2D eigenvalue weighted by atomic mass is 10.0. The van der Waals surface area contributed by atoms with Gasteiger partial charge in [-0.25, -0.2) is 4.57 Å². The molecule has 0 aliphatic carbocycles. The molecule has 0 rings (SSSR count). The molecular formula is C17H37O4P. The summed E-state index contributed by atoms with van der Waals surface area (Å²) in [5, 5.41) is 0. The first kappa shape index (κ1) is 22.1. The fourth-order valence-corrected chi connectivity index (χ4v) is 2.99. The standard InChI is InChI=1S/C17H37O4P/c1-3-4-5-6-7-8-9-10-11-12-13-14-15-16-17-21-22(18,19)20-2/h3-17H2,1-2H3,(H,18,19). The highest BCUT2D eigenvalue weighted by molar-refractivity contribution is 7.47. The molecule has 1 unspecified atom stereocenters. The van der Waals surface area contributed by atoms with Crippen LogP contribution >= 0.6 is 7.82 Å². The van der Waals surface area contributed by atoms with Gasteiger partial charge >= 0.3 is 7.82 Å². The van der Waals surface area contributed by atoms with Crippen molar-refractivity contribution in [3.8, 4) is 0 Å². The van der Waals surface area contributed by atoms with Crippen LogP contribution in [0.25, 0.3) is 0 Å². The highest BCUT2D eigenvalue weighted by atomic mass is 31.2. The average Bonchev–Trinajstić information content (AvgIpc) is 2.51. The summed E-state index contributed by atoms with van der Waals surface area (Å²) >= 11 is 0. The van der Waals surface area contributed by atoms with Crippen LogP contribution in [0.3, 0.4) is 0 Å². The van der Waals surface area contributed by atoms with Crippen molar-refractivity contribution in [2.75, 3.05) is 13.7 Å². The van der Waals surface area contributed by atoms with Gasteiger partial charge < -0.3 is 4.89 Å². The lowest BCUT2D eigenvalue weighted by Gasteiger charge is -2.08. The molecule has 0 heterocycles. The monoisotopic (exact) mass is 336 g/mol. The van der Waals surface area contributed by atoms with Crippen LogP contribution in [-0.4, -0.2) is 18.6 Å². The van der Waals surface area contributed by atoms with Gasteiger partial charge in [-0.1, -0.05) is 90.4 Å². The molecular weight excluding hydrogens is 299 g/mol. The minimum Gasteiger partial charge on any atom is -0.303 e. The lowest BCUT2D eigenvalue weighted by Crippen LogP contribution is -1.94. The van der Waals surface area contributed by atoms with Gasteiger partial charge in [-0.05, 0) is 6.42 Å². The van der Waals surface area contributed by atoms with Gasteiger partial charge in [-0.3, -0.25) is 9.05 Å². The third kappa shape index (κ3) is 16.5. The second-order valence-electron chi connectivity index (χ2n) is 6.08. The molecule has 134 valence electrons. The predicted octanol–water partition coefficient (Wildman–Crippen LogP) is 6.23. The van der Waals surface area contributed by atoms with Crippen LogP contribution in [0.15, 0.2) is 0 Å². The third-order valence-electron chi connectivity index (χ3n) is 3.98. The summed E-state index contributed by atoms with van der Waals surface area (Å²) in [5.41, 5.74) is 0. The molecule has 0 radical (unpaired) electrons. The van der Waals surface area contributed by atoms with E-state index >= 15 is 0 Å². The van der Waals surface area contributed by atoms with Crippen LogP contribution in [0, 0.1) is 0 Å². The third-order valence-corrected chi connectivity index (χ3v) is 4.95. The molecule has 0 saturated heterocycles. The van der Waals surface area contributed by atoms with E-state index < -0.39 is 7.82 Å². The Balaban J connectivity index is 3.07. The summed E-state index contributed by atoms with van der Waals surface area (Å²) in [4.78, 5) is 9.04. The number of unbranched alkanes of at least 4 members (excludes halogenated alkanes) is 13. The molecule has 0 amide bonds. The molecule has 0 saturated carbocycles. The van der Waals surface area contributed by atoms with Crippen molar-refractivity contribution in [1.82, 2.24) is 0 Å². The molecule has 4 nitrogen and oxygen atoms in total. The zero-order chi connectivity index (χ0) is 16.5. The smallest absolute Gasteiger partial charge is 0.303 e. The highest BCUT2D eigenvalue weighted by Crippen LogP contribution is 2.41. The highest BCUT2D eigenvalue weighted by Gasteiger charge is 2.17. The van der Waals surface area contributed by atoms with Crippen molar-refractivity contribution in [3.63, 3.8) is 0 Å². The van der Waals surface area contributed by atoms with Crippen molar-refractivity contribution >= 4 is 7.82 Å². The average molecular weight is 336 g/mol. The molecule has 0 aromatic rings. The van der Waals surface area contributed by atoms with Crippen molar-refractivity contribution in [2.24, 2.45) is 0 Å². The first-order valence-corrected chi connectivity index (χ1v) is 10.6. The zero-order valence-electron chi connectivity index (χ0n) is 14.7. The molecule has 1 N–H and O–H groups in total. The van der Waals surface area contributed by atoms with Crippen LogP contribution in [0.4, 0.5) is 0 Å². The minimum atomic E-state index is -3.76. The fraction of sp³-hybridized carbons (Fsp3) is 1.00. The van der Waals surface area contributed by atoms with E-state index in [1.807, 2.05) is 0 Å². The van der Waals surface area contributed by atoms with Crippen molar-refractivity contribution in [1.29, 1.82) is 0 Å². The Bertz CT molecular complexity index is 271. The number of phosphoric ester groups is 1. The van der Waals surface area contributed by atoms with Gasteiger partial charge in [0.05, 0.1) is 6.61 Å². The summed E-state index contributed by atoms with van der Waals surface area (Å²) < 4.78 is 20.1. The Kier molecular flexibility index (Phi) is 16.1. The molecule has 0 aliphatic heterocycles. The molecule has 22 heavy (non-hydrogen) atoms. The van der Waals surface area contributed by atoms with E-state index in [4.69, 9.17) is 9.42 Å². The van der Waals surface area contributed by atoms with Crippen LogP contribution in [0.5, 0.6) is 0 Å². The fourth-order valence-electron chi connectivity index (χ4n) is 2.53. The van der Waals surface area contributed by atoms with Crippen LogP contribution in [0.1, 0.15) is 96.8 Å².